The lowest BCUT2D eigenvalue weighted by Gasteiger charge is -2.24. The number of hydrogen-bond acceptors (Lipinski definition) is 5. The Balaban J connectivity index is 1.22. The highest BCUT2D eigenvalue weighted by Crippen LogP contribution is 2.35. The van der Waals surface area contributed by atoms with E-state index in [0.29, 0.717) is 38.7 Å². The number of benzene rings is 1. The lowest BCUT2D eigenvalue weighted by atomic mass is 10.0. The van der Waals surface area contributed by atoms with Crippen LogP contribution in [0.3, 0.4) is 0 Å². The molecule has 3 atom stereocenters. The lowest BCUT2D eigenvalue weighted by molar-refractivity contribution is -0.135. The number of rotatable bonds is 3. The molecule has 0 spiro atoms. The van der Waals surface area contributed by atoms with Gasteiger partial charge in [0.25, 0.3) is 5.56 Å². The maximum Gasteiger partial charge on any atom is 0.288 e. The number of carbonyl (C=O) groups excluding carboxylic acids is 2. The average molecular weight is 425 g/mol. The first-order chi connectivity index (χ1) is 14.9. The van der Waals surface area contributed by atoms with Crippen molar-refractivity contribution in [2.75, 3.05) is 42.5 Å². The molecule has 31 heavy (non-hydrogen) atoms. The predicted molar refractivity (Wildman–Crippen MR) is 112 cm³/mol. The van der Waals surface area contributed by atoms with E-state index in [1.165, 1.54) is 6.92 Å². The lowest BCUT2D eigenvalue weighted by Crippen LogP contribution is -2.38. The van der Waals surface area contributed by atoms with Crippen LogP contribution in [0.2, 0.25) is 0 Å². The van der Waals surface area contributed by atoms with Crippen LogP contribution in [0.25, 0.3) is 0 Å². The minimum Gasteiger partial charge on any atom is -0.342 e. The van der Waals surface area contributed by atoms with Crippen molar-refractivity contribution in [3.63, 3.8) is 0 Å². The van der Waals surface area contributed by atoms with Gasteiger partial charge in [-0.3, -0.25) is 19.4 Å². The molecule has 0 saturated carbocycles. The smallest absolute Gasteiger partial charge is 0.288 e. The fourth-order valence-corrected chi connectivity index (χ4v) is 5.04. The highest BCUT2D eigenvalue weighted by Gasteiger charge is 2.45. The van der Waals surface area contributed by atoms with Gasteiger partial charge in [-0.15, -0.1) is 0 Å². The van der Waals surface area contributed by atoms with Crippen molar-refractivity contribution in [2.24, 2.45) is 17.8 Å². The molecular weight excluding hydrogens is 401 g/mol. The number of amides is 2. The van der Waals surface area contributed by atoms with Gasteiger partial charge in [0.2, 0.25) is 23.6 Å². The molecule has 9 heteroatoms. The van der Waals surface area contributed by atoms with E-state index in [0.717, 1.165) is 5.69 Å². The number of aromatic nitrogens is 2. The van der Waals surface area contributed by atoms with Crippen molar-refractivity contribution in [1.82, 2.24) is 14.9 Å². The number of likely N-dealkylation sites (tertiary alicyclic amines) is 1. The molecule has 3 aliphatic rings. The van der Waals surface area contributed by atoms with Crippen LogP contribution in [0.15, 0.2) is 35.1 Å². The third kappa shape index (κ3) is 3.47. The summed E-state index contributed by atoms with van der Waals surface area (Å²) in [6, 6.07) is 9.44. The van der Waals surface area contributed by atoms with Gasteiger partial charge in [0.15, 0.2) is 0 Å². The Hall–Kier alpha value is -3.23. The predicted octanol–water partition coefficient (Wildman–Crippen LogP) is 1.17. The minimum absolute atomic E-state index is 0.0168. The molecule has 0 aliphatic carbocycles. The molecule has 3 saturated heterocycles. The quantitative estimate of drug-likeness (QED) is 0.797. The molecule has 1 aromatic heterocycles. The summed E-state index contributed by atoms with van der Waals surface area (Å²) in [6.45, 7) is 4.46. The highest BCUT2D eigenvalue weighted by atomic mass is 19.1. The summed E-state index contributed by atoms with van der Waals surface area (Å²) in [7, 11) is 0. The number of halogens is 1. The Bertz CT molecular complexity index is 1070. The van der Waals surface area contributed by atoms with E-state index in [1.54, 1.807) is 4.90 Å². The first-order valence-electron chi connectivity index (χ1n) is 10.6. The second-order valence-corrected chi connectivity index (χ2v) is 8.70. The van der Waals surface area contributed by atoms with E-state index in [9.17, 15) is 18.8 Å². The van der Waals surface area contributed by atoms with E-state index < -0.39 is 11.4 Å². The van der Waals surface area contributed by atoms with Crippen molar-refractivity contribution >= 4 is 23.5 Å². The molecule has 4 heterocycles. The summed E-state index contributed by atoms with van der Waals surface area (Å²) >= 11 is 0. The van der Waals surface area contributed by atoms with Crippen molar-refractivity contribution in [3.05, 3.63) is 52.2 Å². The van der Waals surface area contributed by atoms with Crippen LogP contribution in [0.5, 0.6) is 0 Å². The van der Waals surface area contributed by atoms with E-state index in [4.69, 9.17) is 0 Å². The molecule has 0 radical (unpaired) electrons. The highest BCUT2D eigenvalue weighted by molar-refractivity contribution is 6.00. The van der Waals surface area contributed by atoms with Crippen LogP contribution in [0.4, 0.5) is 16.0 Å². The van der Waals surface area contributed by atoms with Gasteiger partial charge in [-0.25, -0.2) is 4.98 Å². The minimum atomic E-state index is -0.851. The van der Waals surface area contributed by atoms with E-state index in [-0.39, 0.29) is 41.7 Å². The number of nitrogens with zero attached hydrogens (tertiary/aromatic N) is 4. The molecule has 3 aliphatic heterocycles. The molecule has 3 unspecified atom stereocenters. The van der Waals surface area contributed by atoms with Gasteiger partial charge in [0.05, 0.1) is 11.6 Å². The fraction of sp³-hybridized carbons (Fsp3) is 0.455. The molecule has 2 amide bonds. The monoisotopic (exact) mass is 425 g/mol. The van der Waals surface area contributed by atoms with Gasteiger partial charge >= 0.3 is 0 Å². The maximum absolute atomic E-state index is 13.6. The van der Waals surface area contributed by atoms with Crippen LogP contribution >= 0.6 is 0 Å². The normalized spacial score (nSPS) is 25.4. The molecule has 2 aromatic rings. The zero-order valence-electron chi connectivity index (χ0n) is 17.3. The number of aromatic amines is 1. The molecule has 1 aromatic carbocycles. The van der Waals surface area contributed by atoms with Crippen molar-refractivity contribution in [2.45, 2.75) is 13.3 Å². The summed E-state index contributed by atoms with van der Waals surface area (Å²) in [4.78, 5) is 49.5. The topological polar surface area (TPSA) is 89.6 Å². The Kier molecular flexibility index (Phi) is 4.75. The molecule has 1 N–H and O–H groups in total. The van der Waals surface area contributed by atoms with Crippen LogP contribution in [0.1, 0.15) is 12.1 Å². The number of nitrogens with one attached hydrogen (secondary N) is 1. The number of aryl methyl sites for hydroxylation is 1. The fourth-order valence-electron chi connectivity index (χ4n) is 5.04. The Morgan fingerprint density at radius 3 is 2.39 bits per heavy atom. The van der Waals surface area contributed by atoms with Gasteiger partial charge in [0, 0.05) is 56.7 Å². The number of carbonyl (C=O) groups is 2. The molecule has 162 valence electrons. The third-order valence-electron chi connectivity index (χ3n) is 6.66. The summed E-state index contributed by atoms with van der Waals surface area (Å²) in [6.07, 6.45) is 0.242. The number of anilines is 2. The summed E-state index contributed by atoms with van der Waals surface area (Å²) in [5, 5.41) is 0. The summed E-state index contributed by atoms with van der Waals surface area (Å²) < 4.78 is 13.6. The zero-order chi connectivity index (χ0) is 21.7. The largest absolute Gasteiger partial charge is 0.342 e. The molecule has 0 bridgehead atoms. The second-order valence-electron chi connectivity index (χ2n) is 8.70. The molecular formula is C22H24FN5O3. The third-order valence-corrected chi connectivity index (χ3v) is 6.66. The summed E-state index contributed by atoms with van der Waals surface area (Å²) in [5.41, 5.74) is 0.152. The van der Waals surface area contributed by atoms with Crippen LogP contribution < -0.4 is 15.4 Å². The van der Waals surface area contributed by atoms with Gasteiger partial charge < -0.3 is 14.7 Å². The van der Waals surface area contributed by atoms with Crippen LogP contribution in [-0.4, -0.2) is 59.4 Å². The molecule has 3 fully saturated rings. The van der Waals surface area contributed by atoms with Crippen LogP contribution in [-0.2, 0) is 9.59 Å². The van der Waals surface area contributed by atoms with Gasteiger partial charge in [-0.05, 0) is 19.1 Å². The Morgan fingerprint density at radius 2 is 1.74 bits per heavy atom. The zero-order valence-corrected chi connectivity index (χ0v) is 17.3. The van der Waals surface area contributed by atoms with Crippen molar-refractivity contribution < 1.29 is 14.0 Å². The van der Waals surface area contributed by atoms with Crippen molar-refractivity contribution in [1.29, 1.82) is 0 Å². The van der Waals surface area contributed by atoms with Gasteiger partial charge in [-0.2, -0.15) is 4.39 Å². The van der Waals surface area contributed by atoms with Gasteiger partial charge in [0.1, 0.15) is 0 Å². The Labute approximate surface area is 178 Å². The SMILES string of the molecule is Cc1nc(N2CC3CN(C(=O)C4CC(=O)N(c5ccccc5)C4)CC3C2)[nH]c(=O)c1F. The van der Waals surface area contributed by atoms with Crippen LogP contribution in [0, 0.1) is 30.5 Å². The first kappa shape index (κ1) is 19.7. The summed E-state index contributed by atoms with van der Waals surface area (Å²) in [5.74, 6) is -0.232. The number of para-hydroxylation sites is 1. The van der Waals surface area contributed by atoms with Gasteiger partial charge in [-0.1, -0.05) is 18.2 Å². The van der Waals surface area contributed by atoms with E-state index in [2.05, 4.69) is 9.97 Å². The number of fused-ring (bicyclic) bond motifs is 1. The number of H-pyrrole nitrogens is 1. The van der Waals surface area contributed by atoms with Crippen molar-refractivity contribution in [3.8, 4) is 0 Å². The average Bonchev–Trinajstić information content (AvgIpc) is 3.44. The molecule has 8 nitrogen and oxygen atoms in total. The Morgan fingerprint density at radius 1 is 1.06 bits per heavy atom. The standard InChI is InChI=1S/C22H24FN5O3/c1-13-19(23)20(30)25-22(24-13)27-10-15-8-26(9-16(15)11-27)21(31)14-7-18(29)28(12-14)17-5-3-2-4-6-17/h2-6,14-16H,7-12H2,1H3,(H,24,25,30). The second kappa shape index (κ2) is 7.47. The number of hydrogen-bond donors (Lipinski definition) is 1. The first-order valence-corrected chi connectivity index (χ1v) is 10.6. The van der Waals surface area contributed by atoms with E-state index in [1.807, 2.05) is 40.1 Å². The maximum atomic E-state index is 13.6. The molecule has 5 rings (SSSR count). The van der Waals surface area contributed by atoms with E-state index >= 15 is 0 Å².